The second kappa shape index (κ2) is 3.96. The number of aromatic nitrogens is 1. The molecule has 0 radical (unpaired) electrons. The van der Waals surface area contributed by atoms with Crippen LogP contribution in [0.2, 0.25) is 0 Å². The van der Waals surface area contributed by atoms with Crippen molar-refractivity contribution in [2.45, 2.75) is 12.8 Å². The van der Waals surface area contributed by atoms with Crippen LogP contribution in [0.3, 0.4) is 0 Å². The number of carbonyl (C=O) groups is 1. The summed E-state index contributed by atoms with van der Waals surface area (Å²) in [5.41, 5.74) is 0. The number of nitrogens with zero attached hydrogens (tertiary/aromatic N) is 1. The van der Waals surface area contributed by atoms with Gasteiger partial charge in [0.2, 0.25) is 0 Å². The van der Waals surface area contributed by atoms with Gasteiger partial charge in [-0.05, 0) is 23.8 Å². The van der Waals surface area contributed by atoms with Crippen LogP contribution in [0.1, 0.15) is 22.9 Å². The Morgan fingerprint density at radius 3 is 3.31 bits per heavy atom. The molecule has 1 aromatic heterocycles. The van der Waals surface area contributed by atoms with Crippen molar-refractivity contribution < 1.29 is 9.21 Å². The van der Waals surface area contributed by atoms with Gasteiger partial charge >= 0.3 is 0 Å². The normalized spacial score (nSPS) is 22.0. The van der Waals surface area contributed by atoms with E-state index in [0.717, 1.165) is 6.42 Å². The first-order valence-electron chi connectivity index (χ1n) is 4.36. The monoisotopic (exact) mass is 197 g/mol. The Morgan fingerprint density at radius 1 is 1.77 bits per heavy atom. The third-order valence-electron chi connectivity index (χ3n) is 2.17. The summed E-state index contributed by atoms with van der Waals surface area (Å²) < 4.78 is 5.21. The summed E-state index contributed by atoms with van der Waals surface area (Å²) in [5, 5.41) is 0. The fourth-order valence-corrected chi connectivity index (χ4v) is 2.75. The van der Waals surface area contributed by atoms with Gasteiger partial charge in [0.15, 0.2) is 17.9 Å². The number of hydrogen-bond acceptors (Lipinski definition) is 4. The third kappa shape index (κ3) is 2.12. The Kier molecular flexibility index (Phi) is 2.68. The van der Waals surface area contributed by atoms with Gasteiger partial charge in [-0.15, -0.1) is 0 Å². The van der Waals surface area contributed by atoms with Gasteiger partial charge < -0.3 is 4.42 Å². The summed E-state index contributed by atoms with van der Waals surface area (Å²) in [6, 6.07) is 0. The minimum absolute atomic E-state index is 0.334. The summed E-state index contributed by atoms with van der Waals surface area (Å²) >= 11 is 1.97. The van der Waals surface area contributed by atoms with Crippen LogP contribution in [-0.4, -0.2) is 22.8 Å². The highest BCUT2D eigenvalue weighted by atomic mass is 32.2. The first-order valence-corrected chi connectivity index (χ1v) is 5.51. The summed E-state index contributed by atoms with van der Waals surface area (Å²) in [4.78, 5) is 14.4. The molecule has 13 heavy (non-hydrogen) atoms. The molecule has 2 heterocycles. The van der Waals surface area contributed by atoms with Crippen LogP contribution in [0.15, 0.2) is 10.6 Å². The van der Waals surface area contributed by atoms with Crippen molar-refractivity contribution in [2.75, 3.05) is 11.5 Å². The fourth-order valence-electron chi connectivity index (χ4n) is 1.46. The van der Waals surface area contributed by atoms with Crippen molar-refractivity contribution >= 4 is 18.0 Å². The highest BCUT2D eigenvalue weighted by Gasteiger charge is 2.18. The Morgan fingerprint density at radius 2 is 2.69 bits per heavy atom. The van der Waals surface area contributed by atoms with Gasteiger partial charge in [-0.2, -0.15) is 11.8 Å². The van der Waals surface area contributed by atoms with Crippen molar-refractivity contribution in [1.29, 1.82) is 0 Å². The first-order chi connectivity index (χ1) is 6.38. The lowest BCUT2D eigenvalue weighted by Gasteiger charge is -2.02. The Balaban J connectivity index is 1.96. The smallest absolute Gasteiger partial charge is 0.195 e. The summed E-state index contributed by atoms with van der Waals surface area (Å²) in [6.45, 7) is 0. The van der Waals surface area contributed by atoms with Crippen LogP contribution < -0.4 is 0 Å². The minimum Gasteiger partial charge on any atom is -0.438 e. The topological polar surface area (TPSA) is 43.1 Å². The lowest BCUT2D eigenvalue weighted by Crippen LogP contribution is -2.02. The molecule has 2 rings (SSSR count). The van der Waals surface area contributed by atoms with E-state index in [-0.39, 0.29) is 0 Å². The molecular weight excluding hydrogens is 186 g/mol. The summed E-state index contributed by atoms with van der Waals surface area (Å²) in [5.74, 6) is 4.16. The van der Waals surface area contributed by atoms with Crippen LogP contribution in [0.25, 0.3) is 0 Å². The molecule has 0 bridgehead atoms. The zero-order chi connectivity index (χ0) is 9.10. The van der Waals surface area contributed by atoms with Crippen molar-refractivity contribution in [2.24, 2.45) is 5.92 Å². The number of thioether (sulfide) groups is 1. The van der Waals surface area contributed by atoms with E-state index in [4.69, 9.17) is 4.42 Å². The second-order valence-electron chi connectivity index (χ2n) is 3.21. The second-order valence-corrected chi connectivity index (χ2v) is 4.36. The predicted octanol–water partition coefficient (Wildman–Crippen LogP) is 1.78. The van der Waals surface area contributed by atoms with E-state index in [0.29, 0.717) is 23.9 Å². The zero-order valence-electron chi connectivity index (χ0n) is 7.23. The van der Waals surface area contributed by atoms with Gasteiger partial charge in [0.05, 0.1) is 6.20 Å². The van der Waals surface area contributed by atoms with Crippen LogP contribution in [0.5, 0.6) is 0 Å². The molecule has 0 saturated carbocycles. The highest BCUT2D eigenvalue weighted by molar-refractivity contribution is 7.99. The average Bonchev–Trinajstić information content (AvgIpc) is 2.76. The number of hydrogen-bond donors (Lipinski definition) is 0. The van der Waals surface area contributed by atoms with E-state index in [1.54, 1.807) is 0 Å². The minimum atomic E-state index is 0.334. The molecule has 1 aromatic rings. The largest absolute Gasteiger partial charge is 0.438 e. The molecule has 0 spiro atoms. The lowest BCUT2D eigenvalue weighted by atomic mass is 10.1. The molecule has 0 amide bonds. The summed E-state index contributed by atoms with van der Waals surface area (Å²) in [6.07, 6.45) is 4.30. The van der Waals surface area contributed by atoms with E-state index in [2.05, 4.69) is 4.98 Å². The highest BCUT2D eigenvalue weighted by Crippen LogP contribution is 2.26. The van der Waals surface area contributed by atoms with Gasteiger partial charge in [-0.1, -0.05) is 0 Å². The van der Waals surface area contributed by atoms with E-state index >= 15 is 0 Å². The molecule has 1 saturated heterocycles. The number of aldehydes is 1. The molecule has 1 aliphatic heterocycles. The molecule has 4 heteroatoms. The number of rotatable bonds is 3. The molecular formula is C9H11NO2S. The maximum absolute atomic E-state index is 10.3. The molecule has 1 atom stereocenters. The van der Waals surface area contributed by atoms with Gasteiger partial charge in [0.25, 0.3) is 0 Å². The number of carbonyl (C=O) groups excluding carboxylic acids is 1. The van der Waals surface area contributed by atoms with Gasteiger partial charge in [0, 0.05) is 6.42 Å². The van der Waals surface area contributed by atoms with Crippen LogP contribution in [0.4, 0.5) is 0 Å². The average molecular weight is 197 g/mol. The molecule has 1 aliphatic rings. The lowest BCUT2D eigenvalue weighted by molar-refractivity contribution is 0.109. The molecule has 0 N–H and O–H groups in total. The van der Waals surface area contributed by atoms with E-state index in [1.165, 1.54) is 24.1 Å². The van der Waals surface area contributed by atoms with Crippen molar-refractivity contribution in [3.05, 3.63) is 17.8 Å². The van der Waals surface area contributed by atoms with Crippen molar-refractivity contribution in [1.82, 2.24) is 4.98 Å². The van der Waals surface area contributed by atoms with Crippen LogP contribution in [0, 0.1) is 5.92 Å². The first kappa shape index (κ1) is 8.81. The van der Waals surface area contributed by atoms with Crippen LogP contribution in [-0.2, 0) is 6.42 Å². The zero-order valence-corrected chi connectivity index (χ0v) is 8.05. The molecule has 0 aliphatic carbocycles. The standard InChI is InChI=1S/C9H11NO2S/c11-5-8-4-10-9(12-8)3-7-1-2-13-6-7/h4-5,7H,1-3,6H2. The van der Waals surface area contributed by atoms with E-state index in [1.807, 2.05) is 11.8 Å². The Bertz CT molecular complexity index is 292. The van der Waals surface area contributed by atoms with Crippen molar-refractivity contribution in [3.8, 4) is 0 Å². The quantitative estimate of drug-likeness (QED) is 0.693. The van der Waals surface area contributed by atoms with E-state index < -0.39 is 0 Å². The SMILES string of the molecule is O=Cc1cnc(CC2CCSC2)o1. The van der Waals surface area contributed by atoms with Crippen LogP contribution >= 0.6 is 11.8 Å². The third-order valence-corrected chi connectivity index (χ3v) is 3.41. The maximum atomic E-state index is 10.3. The maximum Gasteiger partial charge on any atom is 0.195 e. The predicted molar refractivity (Wildman–Crippen MR) is 51.0 cm³/mol. The molecule has 3 nitrogen and oxygen atoms in total. The molecule has 1 unspecified atom stereocenters. The van der Waals surface area contributed by atoms with Gasteiger partial charge in [-0.25, -0.2) is 4.98 Å². The van der Waals surface area contributed by atoms with Gasteiger partial charge in [-0.3, -0.25) is 4.79 Å². The Labute approximate surface area is 80.9 Å². The molecule has 0 aromatic carbocycles. The number of oxazole rings is 1. The van der Waals surface area contributed by atoms with E-state index in [9.17, 15) is 4.79 Å². The van der Waals surface area contributed by atoms with Gasteiger partial charge in [0.1, 0.15) is 0 Å². The summed E-state index contributed by atoms with van der Waals surface area (Å²) in [7, 11) is 0. The molecule has 70 valence electrons. The fraction of sp³-hybridized carbons (Fsp3) is 0.556. The van der Waals surface area contributed by atoms with Crippen molar-refractivity contribution in [3.63, 3.8) is 0 Å². The molecule has 1 fully saturated rings. The Hall–Kier alpha value is -0.770.